The number of hydrogen-bond acceptors (Lipinski definition) is 4. The molecule has 0 aliphatic carbocycles. The van der Waals surface area contributed by atoms with Gasteiger partial charge in [-0.05, 0) is 24.3 Å². The summed E-state index contributed by atoms with van der Waals surface area (Å²) in [6.07, 6.45) is 1.20. The number of aliphatic hydroxyl groups is 1. The molecule has 1 fully saturated rings. The highest BCUT2D eigenvalue weighted by Crippen LogP contribution is 2.33. The molecule has 0 radical (unpaired) electrons. The number of hydrogen-bond donors (Lipinski definition) is 1. The Morgan fingerprint density at radius 3 is 2.63 bits per heavy atom. The first kappa shape index (κ1) is 15.2. The van der Waals surface area contributed by atoms with Gasteiger partial charge in [-0.2, -0.15) is 11.8 Å². The molecule has 1 aliphatic rings. The second-order valence-corrected chi connectivity index (χ2v) is 7.82. The van der Waals surface area contributed by atoms with Crippen molar-refractivity contribution in [3.05, 3.63) is 30.3 Å². The maximum absolute atomic E-state index is 9.38. The maximum atomic E-state index is 9.38. The lowest BCUT2D eigenvalue weighted by atomic mass is 9.90. The van der Waals surface area contributed by atoms with Crippen molar-refractivity contribution in [3.8, 4) is 0 Å². The first-order chi connectivity index (χ1) is 9.24. The van der Waals surface area contributed by atoms with Gasteiger partial charge in [-0.1, -0.05) is 25.1 Å². The zero-order valence-electron chi connectivity index (χ0n) is 11.4. The van der Waals surface area contributed by atoms with Gasteiger partial charge < -0.3 is 9.84 Å². The molecule has 1 saturated heterocycles. The van der Waals surface area contributed by atoms with E-state index in [9.17, 15) is 5.11 Å². The largest absolute Gasteiger partial charge is 0.396 e. The highest BCUT2D eigenvalue weighted by Gasteiger charge is 2.38. The average Bonchev–Trinajstić information content (AvgIpc) is 2.39. The van der Waals surface area contributed by atoms with Gasteiger partial charge in [0.1, 0.15) is 0 Å². The standard InChI is InChI=1S/C15H22O2S2/c1-13(19-12-15(9-16)10-17-11-15)7-8-18-14-5-3-2-4-6-14/h2-6,13,16H,7-12H2,1H3. The minimum Gasteiger partial charge on any atom is -0.396 e. The van der Waals surface area contributed by atoms with Crippen LogP contribution in [0.5, 0.6) is 0 Å². The number of rotatable bonds is 8. The van der Waals surface area contributed by atoms with Gasteiger partial charge in [0.05, 0.1) is 19.8 Å². The molecule has 1 aromatic carbocycles. The van der Waals surface area contributed by atoms with E-state index in [1.807, 2.05) is 23.5 Å². The van der Waals surface area contributed by atoms with E-state index < -0.39 is 0 Å². The van der Waals surface area contributed by atoms with Crippen LogP contribution in [-0.4, -0.2) is 41.7 Å². The van der Waals surface area contributed by atoms with Crippen molar-refractivity contribution in [2.45, 2.75) is 23.5 Å². The minimum atomic E-state index is 0.0471. The molecule has 0 saturated carbocycles. The number of ether oxygens (including phenoxy) is 1. The molecular weight excluding hydrogens is 276 g/mol. The van der Waals surface area contributed by atoms with Crippen LogP contribution < -0.4 is 0 Å². The first-order valence-electron chi connectivity index (χ1n) is 6.72. The van der Waals surface area contributed by atoms with Crippen LogP contribution in [0.2, 0.25) is 0 Å². The molecular formula is C15H22O2S2. The van der Waals surface area contributed by atoms with Crippen molar-refractivity contribution < 1.29 is 9.84 Å². The van der Waals surface area contributed by atoms with Crippen LogP contribution in [0, 0.1) is 5.41 Å². The van der Waals surface area contributed by atoms with Gasteiger partial charge in [0.2, 0.25) is 0 Å². The highest BCUT2D eigenvalue weighted by atomic mass is 32.2. The zero-order valence-corrected chi connectivity index (χ0v) is 13.0. The minimum absolute atomic E-state index is 0.0471. The van der Waals surface area contributed by atoms with Crippen molar-refractivity contribution in [2.75, 3.05) is 31.3 Å². The third-order valence-corrected chi connectivity index (χ3v) is 5.99. The third kappa shape index (κ3) is 4.71. The lowest BCUT2D eigenvalue weighted by Gasteiger charge is -2.40. The first-order valence-corrected chi connectivity index (χ1v) is 8.76. The lowest BCUT2D eigenvalue weighted by Crippen LogP contribution is -2.47. The molecule has 2 rings (SSSR count). The average molecular weight is 298 g/mol. The van der Waals surface area contributed by atoms with E-state index in [-0.39, 0.29) is 12.0 Å². The fourth-order valence-electron chi connectivity index (χ4n) is 1.87. The van der Waals surface area contributed by atoms with E-state index in [0.717, 1.165) is 24.7 Å². The van der Waals surface area contributed by atoms with Crippen LogP contribution in [0.25, 0.3) is 0 Å². The summed E-state index contributed by atoms with van der Waals surface area (Å²) in [7, 11) is 0. The van der Waals surface area contributed by atoms with Crippen LogP contribution in [0.3, 0.4) is 0 Å². The molecule has 0 amide bonds. The predicted octanol–water partition coefficient (Wildman–Crippen LogP) is 3.30. The Hall–Kier alpha value is -0.160. The fourth-order valence-corrected chi connectivity index (χ4v) is 4.26. The molecule has 4 heteroatoms. The van der Waals surface area contributed by atoms with Gasteiger partial charge in [0.15, 0.2) is 0 Å². The summed E-state index contributed by atoms with van der Waals surface area (Å²) in [5.41, 5.74) is 0.0471. The van der Waals surface area contributed by atoms with E-state index in [2.05, 4.69) is 37.3 Å². The van der Waals surface area contributed by atoms with Crippen molar-refractivity contribution in [2.24, 2.45) is 5.41 Å². The topological polar surface area (TPSA) is 29.5 Å². The molecule has 1 atom stereocenters. The maximum Gasteiger partial charge on any atom is 0.0575 e. The van der Waals surface area contributed by atoms with Crippen LogP contribution in [0.15, 0.2) is 35.2 Å². The van der Waals surface area contributed by atoms with Crippen molar-refractivity contribution in [3.63, 3.8) is 0 Å². The van der Waals surface area contributed by atoms with Crippen molar-refractivity contribution >= 4 is 23.5 Å². The summed E-state index contributed by atoms with van der Waals surface area (Å²) in [6, 6.07) is 10.5. The second-order valence-electron chi connectivity index (χ2n) is 5.22. The quantitative estimate of drug-likeness (QED) is 0.746. The summed E-state index contributed by atoms with van der Waals surface area (Å²) in [5.74, 6) is 2.17. The Morgan fingerprint density at radius 1 is 1.32 bits per heavy atom. The van der Waals surface area contributed by atoms with Gasteiger partial charge in [0, 0.05) is 21.3 Å². The van der Waals surface area contributed by atoms with E-state index in [0.29, 0.717) is 5.25 Å². The summed E-state index contributed by atoms with van der Waals surface area (Å²) in [6.45, 7) is 3.98. The summed E-state index contributed by atoms with van der Waals surface area (Å²) >= 11 is 3.89. The Kier molecular flexibility index (Phi) is 6.07. The fraction of sp³-hybridized carbons (Fsp3) is 0.600. The van der Waals surface area contributed by atoms with E-state index >= 15 is 0 Å². The normalized spacial score (nSPS) is 18.8. The zero-order chi connectivity index (χ0) is 13.6. The molecule has 1 unspecified atom stereocenters. The molecule has 0 spiro atoms. The van der Waals surface area contributed by atoms with Gasteiger partial charge in [-0.15, -0.1) is 11.8 Å². The molecule has 0 bridgehead atoms. The van der Waals surface area contributed by atoms with Crippen molar-refractivity contribution in [1.82, 2.24) is 0 Å². The van der Waals surface area contributed by atoms with Gasteiger partial charge in [0.25, 0.3) is 0 Å². The lowest BCUT2D eigenvalue weighted by molar-refractivity contribution is -0.121. The number of benzene rings is 1. The molecule has 106 valence electrons. The molecule has 2 nitrogen and oxygen atoms in total. The predicted molar refractivity (Wildman–Crippen MR) is 84.0 cm³/mol. The molecule has 19 heavy (non-hydrogen) atoms. The smallest absolute Gasteiger partial charge is 0.0575 e. The van der Waals surface area contributed by atoms with E-state index in [4.69, 9.17) is 4.74 Å². The van der Waals surface area contributed by atoms with Crippen LogP contribution in [0.1, 0.15) is 13.3 Å². The van der Waals surface area contributed by atoms with Crippen LogP contribution >= 0.6 is 23.5 Å². The molecule has 1 heterocycles. The van der Waals surface area contributed by atoms with Gasteiger partial charge >= 0.3 is 0 Å². The van der Waals surface area contributed by atoms with Gasteiger partial charge in [-0.3, -0.25) is 0 Å². The summed E-state index contributed by atoms with van der Waals surface area (Å²) < 4.78 is 5.22. The highest BCUT2D eigenvalue weighted by molar-refractivity contribution is 8.00. The Bertz CT molecular complexity index is 360. The monoisotopic (exact) mass is 298 g/mol. The molecule has 1 aromatic rings. The van der Waals surface area contributed by atoms with Crippen LogP contribution in [-0.2, 0) is 4.74 Å². The number of thioether (sulfide) groups is 2. The number of aliphatic hydroxyl groups excluding tert-OH is 1. The Morgan fingerprint density at radius 2 is 2.05 bits per heavy atom. The molecule has 1 N–H and O–H groups in total. The van der Waals surface area contributed by atoms with E-state index in [1.165, 1.54) is 11.3 Å². The Labute approximate surface area is 124 Å². The van der Waals surface area contributed by atoms with Gasteiger partial charge in [-0.25, -0.2) is 0 Å². The Balaban J connectivity index is 1.61. The third-order valence-electron chi connectivity index (χ3n) is 3.36. The SMILES string of the molecule is CC(CCSc1ccccc1)SCC1(CO)COC1. The summed E-state index contributed by atoms with van der Waals surface area (Å²) in [4.78, 5) is 1.35. The molecule has 1 aliphatic heterocycles. The second kappa shape index (κ2) is 7.58. The van der Waals surface area contributed by atoms with Crippen LogP contribution in [0.4, 0.5) is 0 Å². The molecule has 0 aromatic heterocycles. The summed E-state index contributed by atoms with van der Waals surface area (Å²) in [5, 5.41) is 10.0. The van der Waals surface area contributed by atoms with Crippen molar-refractivity contribution in [1.29, 1.82) is 0 Å². The van der Waals surface area contributed by atoms with E-state index in [1.54, 1.807) is 0 Å².